The Kier molecular flexibility index (Phi) is 4.03. The fourth-order valence-electron chi connectivity index (χ4n) is 2.63. The summed E-state index contributed by atoms with van der Waals surface area (Å²) < 4.78 is 0.757. The average molecular weight is 393 g/mol. The summed E-state index contributed by atoms with van der Waals surface area (Å²) in [6, 6.07) is 13.7. The molecule has 4 aromatic rings. The molecule has 6 heteroatoms. The zero-order chi connectivity index (χ0) is 17.2. The van der Waals surface area contributed by atoms with Crippen LogP contribution in [0.25, 0.3) is 22.2 Å². The van der Waals surface area contributed by atoms with Gasteiger partial charge in [0.05, 0.1) is 11.3 Å². The van der Waals surface area contributed by atoms with Gasteiger partial charge in [-0.3, -0.25) is 9.78 Å². The van der Waals surface area contributed by atoms with Gasteiger partial charge in [-0.2, -0.15) is 0 Å². The van der Waals surface area contributed by atoms with E-state index >= 15 is 0 Å². The largest absolute Gasteiger partial charge is 0.344 e. The SMILES string of the molecule is O=C(Nc1c[nH]c2ncc(-c3ccccc3)cc12)c1cncc(Br)c1. The van der Waals surface area contributed by atoms with Gasteiger partial charge in [-0.05, 0) is 33.6 Å². The fourth-order valence-corrected chi connectivity index (χ4v) is 2.99. The number of rotatable bonds is 3. The van der Waals surface area contributed by atoms with Crippen LogP contribution in [0, 0.1) is 0 Å². The standard InChI is InChI=1S/C19H13BrN4O/c20-15-6-14(8-21-10-15)19(25)24-17-11-23-18-16(17)7-13(9-22-18)12-4-2-1-3-5-12/h1-11H,(H,22,23)(H,24,25). The maximum atomic E-state index is 12.5. The third-order valence-corrected chi connectivity index (χ3v) is 4.29. The van der Waals surface area contributed by atoms with Crippen molar-refractivity contribution >= 4 is 38.6 Å². The molecule has 122 valence electrons. The first-order chi connectivity index (χ1) is 12.2. The minimum absolute atomic E-state index is 0.222. The smallest absolute Gasteiger partial charge is 0.257 e. The minimum atomic E-state index is -0.222. The third-order valence-electron chi connectivity index (χ3n) is 3.85. The maximum Gasteiger partial charge on any atom is 0.257 e. The van der Waals surface area contributed by atoms with Crippen LogP contribution in [0.4, 0.5) is 5.69 Å². The zero-order valence-corrected chi connectivity index (χ0v) is 14.6. The predicted molar refractivity (Wildman–Crippen MR) is 101 cm³/mol. The molecule has 2 N–H and O–H groups in total. The summed E-state index contributed by atoms with van der Waals surface area (Å²) in [5.41, 5.74) is 3.96. The van der Waals surface area contributed by atoms with Gasteiger partial charge in [0.15, 0.2) is 0 Å². The number of nitrogens with zero attached hydrogens (tertiary/aromatic N) is 2. The number of H-pyrrole nitrogens is 1. The zero-order valence-electron chi connectivity index (χ0n) is 13.0. The van der Waals surface area contributed by atoms with Gasteiger partial charge in [-0.1, -0.05) is 30.3 Å². The minimum Gasteiger partial charge on any atom is -0.344 e. The molecular weight excluding hydrogens is 380 g/mol. The molecule has 4 rings (SSSR count). The maximum absolute atomic E-state index is 12.5. The van der Waals surface area contributed by atoms with Gasteiger partial charge in [0.1, 0.15) is 5.65 Å². The number of carbonyl (C=O) groups is 1. The lowest BCUT2D eigenvalue weighted by molar-refractivity contribution is 0.102. The van der Waals surface area contributed by atoms with Gasteiger partial charge in [0, 0.05) is 40.2 Å². The lowest BCUT2D eigenvalue weighted by atomic mass is 10.1. The molecular formula is C19H13BrN4O. The van der Waals surface area contributed by atoms with Gasteiger partial charge in [0.25, 0.3) is 5.91 Å². The van der Waals surface area contributed by atoms with Crippen LogP contribution in [-0.2, 0) is 0 Å². The van der Waals surface area contributed by atoms with Gasteiger partial charge in [-0.25, -0.2) is 4.98 Å². The van der Waals surface area contributed by atoms with Crippen molar-refractivity contribution in [3.63, 3.8) is 0 Å². The number of benzene rings is 1. The van der Waals surface area contributed by atoms with E-state index < -0.39 is 0 Å². The molecule has 0 aliphatic carbocycles. The van der Waals surface area contributed by atoms with E-state index in [2.05, 4.69) is 36.2 Å². The van der Waals surface area contributed by atoms with Crippen molar-refractivity contribution in [2.75, 3.05) is 5.32 Å². The Labute approximate surface area is 152 Å². The van der Waals surface area contributed by atoms with Crippen molar-refractivity contribution in [3.05, 3.63) is 77.3 Å². The van der Waals surface area contributed by atoms with E-state index in [1.54, 1.807) is 18.5 Å². The second kappa shape index (κ2) is 6.49. The van der Waals surface area contributed by atoms with Gasteiger partial charge in [0.2, 0.25) is 0 Å². The van der Waals surface area contributed by atoms with Crippen LogP contribution in [-0.4, -0.2) is 20.9 Å². The summed E-state index contributed by atoms with van der Waals surface area (Å²) in [6.45, 7) is 0. The lowest BCUT2D eigenvalue weighted by Gasteiger charge is -2.05. The van der Waals surface area contributed by atoms with Crippen molar-refractivity contribution in [1.82, 2.24) is 15.0 Å². The molecule has 0 saturated carbocycles. The summed E-state index contributed by atoms with van der Waals surface area (Å²) in [7, 11) is 0. The number of aromatic nitrogens is 3. The highest BCUT2D eigenvalue weighted by Crippen LogP contribution is 2.27. The first-order valence-electron chi connectivity index (χ1n) is 7.65. The summed E-state index contributed by atoms with van der Waals surface area (Å²) >= 11 is 3.32. The van der Waals surface area contributed by atoms with Crippen LogP contribution in [0.2, 0.25) is 0 Å². The normalized spacial score (nSPS) is 10.8. The molecule has 0 radical (unpaired) electrons. The number of anilines is 1. The molecule has 1 amide bonds. The van der Waals surface area contributed by atoms with Crippen LogP contribution in [0.5, 0.6) is 0 Å². The fraction of sp³-hybridized carbons (Fsp3) is 0. The number of fused-ring (bicyclic) bond motifs is 1. The number of halogens is 1. The van der Waals surface area contributed by atoms with Crippen LogP contribution >= 0.6 is 15.9 Å². The number of amides is 1. The van der Waals surface area contributed by atoms with Gasteiger partial charge < -0.3 is 10.3 Å². The molecule has 5 nitrogen and oxygen atoms in total. The Morgan fingerprint density at radius 1 is 1.04 bits per heavy atom. The van der Waals surface area contributed by atoms with E-state index in [9.17, 15) is 4.79 Å². The number of carbonyl (C=O) groups excluding carboxylic acids is 1. The van der Waals surface area contributed by atoms with Crippen molar-refractivity contribution in [2.45, 2.75) is 0 Å². The highest BCUT2D eigenvalue weighted by Gasteiger charge is 2.12. The number of hydrogen-bond acceptors (Lipinski definition) is 3. The molecule has 3 heterocycles. The summed E-state index contributed by atoms with van der Waals surface area (Å²) in [5.74, 6) is -0.222. The Hall–Kier alpha value is -2.99. The van der Waals surface area contributed by atoms with E-state index in [4.69, 9.17) is 0 Å². The second-order valence-corrected chi connectivity index (χ2v) is 6.45. The second-order valence-electron chi connectivity index (χ2n) is 5.53. The first kappa shape index (κ1) is 15.5. The molecule has 0 aliphatic rings. The van der Waals surface area contributed by atoms with Crippen molar-refractivity contribution < 1.29 is 4.79 Å². The Balaban J connectivity index is 1.69. The van der Waals surface area contributed by atoms with E-state index in [1.165, 1.54) is 6.20 Å². The van der Waals surface area contributed by atoms with Gasteiger partial charge in [-0.15, -0.1) is 0 Å². The molecule has 0 saturated heterocycles. The summed E-state index contributed by atoms with van der Waals surface area (Å²) in [5, 5.41) is 3.78. The van der Waals surface area contributed by atoms with Crippen molar-refractivity contribution in [1.29, 1.82) is 0 Å². The van der Waals surface area contributed by atoms with E-state index in [-0.39, 0.29) is 5.91 Å². The Bertz CT molecular complexity index is 1060. The van der Waals surface area contributed by atoms with Crippen molar-refractivity contribution in [3.8, 4) is 11.1 Å². The molecule has 0 bridgehead atoms. The van der Waals surface area contributed by atoms with E-state index in [1.807, 2.05) is 42.6 Å². The monoisotopic (exact) mass is 392 g/mol. The third kappa shape index (κ3) is 3.16. The highest BCUT2D eigenvalue weighted by molar-refractivity contribution is 9.10. The number of aromatic amines is 1. The molecule has 0 fully saturated rings. The first-order valence-corrected chi connectivity index (χ1v) is 8.44. The molecule has 3 aromatic heterocycles. The Morgan fingerprint density at radius 3 is 2.68 bits per heavy atom. The van der Waals surface area contributed by atoms with Crippen LogP contribution < -0.4 is 5.32 Å². The van der Waals surface area contributed by atoms with E-state index in [0.29, 0.717) is 11.3 Å². The van der Waals surface area contributed by atoms with Crippen LogP contribution in [0.15, 0.2) is 71.7 Å². The predicted octanol–water partition coefficient (Wildman–Crippen LogP) is 4.64. The molecule has 1 aromatic carbocycles. The molecule has 25 heavy (non-hydrogen) atoms. The molecule has 0 unspecified atom stereocenters. The summed E-state index contributed by atoms with van der Waals surface area (Å²) in [6.07, 6.45) is 6.73. The van der Waals surface area contributed by atoms with Crippen LogP contribution in [0.1, 0.15) is 10.4 Å². The summed E-state index contributed by atoms with van der Waals surface area (Å²) in [4.78, 5) is 24.0. The topological polar surface area (TPSA) is 70.7 Å². The molecule has 0 atom stereocenters. The highest BCUT2D eigenvalue weighted by atomic mass is 79.9. The number of nitrogens with one attached hydrogen (secondary N) is 2. The average Bonchev–Trinajstić information content (AvgIpc) is 3.04. The van der Waals surface area contributed by atoms with Crippen LogP contribution in [0.3, 0.4) is 0 Å². The van der Waals surface area contributed by atoms with E-state index in [0.717, 1.165) is 26.6 Å². The quantitative estimate of drug-likeness (QED) is 0.533. The lowest BCUT2D eigenvalue weighted by Crippen LogP contribution is -2.11. The molecule has 0 spiro atoms. The number of hydrogen-bond donors (Lipinski definition) is 2. The van der Waals surface area contributed by atoms with Crippen molar-refractivity contribution in [2.24, 2.45) is 0 Å². The Morgan fingerprint density at radius 2 is 1.88 bits per heavy atom. The van der Waals surface area contributed by atoms with Gasteiger partial charge >= 0.3 is 0 Å². The molecule has 0 aliphatic heterocycles. The number of pyridine rings is 2.